The fraction of sp³-hybridized carbons (Fsp3) is 0.625. The van der Waals surface area contributed by atoms with Gasteiger partial charge in [-0.05, 0) is 56.3 Å². The smallest absolute Gasteiger partial charge is 0.356 e. The van der Waals surface area contributed by atoms with Gasteiger partial charge in [0.05, 0.1) is 12.4 Å². The van der Waals surface area contributed by atoms with E-state index in [9.17, 15) is 9.59 Å². The number of carboxylic acid groups (broad SMARTS) is 1. The predicted octanol–water partition coefficient (Wildman–Crippen LogP) is 1.87. The Balaban J connectivity index is 1.51. The van der Waals surface area contributed by atoms with E-state index in [1.165, 1.54) is 25.5 Å². The van der Waals surface area contributed by atoms with Crippen LogP contribution in [0.5, 0.6) is 0 Å². The Bertz CT molecular complexity index is 591. The SMILES string of the molecule is O=C(O)c1cnc(C(=O)NC23CC4CC(CC(C4)C2)C3)cn1. The van der Waals surface area contributed by atoms with Crippen LogP contribution in [0.1, 0.15) is 59.5 Å². The Morgan fingerprint density at radius 3 is 1.95 bits per heavy atom. The zero-order valence-corrected chi connectivity index (χ0v) is 12.3. The lowest BCUT2D eigenvalue weighted by Gasteiger charge is -2.56. The molecule has 22 heavy (non-hydrogen) atoms. The molecule has 0 radical (unpaired) electrons. The topological polar surface area (TPSA) is 92.2 Å². The van der Waals surface area contributed by atoms with E-state index in [0.29, 0.717) is 0 Å². The zero-order valence-electron chi connectivity index (χ0n) is 12.3. The van der Waals surface area contributed by atoms with E-state index in [-0.39, 0.29) is 22.8 Å². The molecule has 6 nitrogen and oxygen atoms in total. The first-order chi connectivity index (χ1) is 10.5. The first-order valence-corrected chi connectivity index (χ1v) is 7.91. The molecule has 4 fully saturated rings. The summed E-state index contributed by atoms with van der Waals surface area (Å²) in [5.41, 5.74) is -0.0222. The summed E-state index contributed by atoms with van der Waals surface area (Å²) in [6.45, 7) is 0. The largest absolute Gasteiger partial charge is 0.476 e. The third-order valence-corrected chi connectivity index (χ3v) is 5.52. The van der Waals surface area contributed by atoms with Gasteiger partial charge in [0.25, 0.3) is 5.91 Å². The molecule has 4 aliphatic rings. The zero-order chi connectivity index (χ0) is 15.3. The van der Waals surface area contributed by atoms with E-state index in [0.717, 1.165) is 43.2 Å². The van der Waals surface area contributed by atoms with Gasteiger partial charge in [0.1, 0.15) is 5.69 Å². The molecule has 4 bridgehead atoms. The van der Waals surface area contributed by atoms with Crippen LogP contribution in [0.3, 0.4) is 0 Å². The average Bonchev–Trinajstić information content (AvgIpc) is 2.45. The van der Waals surface area contributed by atoms with Crippen LogP contribution < -0.4 is 5.32 Å². The van der Waals surface area contributed by atoms with Crippen molar-refractivity contribution in [3.05, 3.63) is 23.8 Å². The quantitative estimate of drug-likeness (QED) is 0.889. The molecular formula is C16H19N3O3. The summed E-state index contributed by atoms with van der Waals surface area (Å²) in [4.78, 5) is 30.9. The Morgan fingerprint density at radius 2 is 1.50 bits per heavy atom. The molecule has 0 aliphatic heterocycles. The van der Waals surface area contributed by atoms with Crippen LogP contribution in [-0.4, -0.2) is 32.5 Å². The Morgan fingerprint density at radius 1 is 1.00 bits per heavy atom. The Kier molecular flexibility index (Phi) is 2.96. The number of hydrogen-bond donors (Lipinski definition) is 2. The van der Waals surface area contributed by atoms with Gasteiger partial charge in [-0.15, -0.1) is 0 Å². The molecule has 0 atom stereocenters. The van der Waals surface area contributed by atoms with Gasteiger partial charge in [-0.25, -0.2) is 14.8 Å². The van der Waals surface area contributed by atoms with Crippen LogP contribution in [0, 0.1) is 17.8 Å². The second-order valence-electron chi connectivity index (χ2n) is 7.24. The summed E-state index contributed by atoms with van der Waals surface area (Å²) in [6.07, 6.45) is 9.57. The highest BCUT2D eigenvalue weighted by Crippen LogP contribution is 2.55. The summed E-state index contributed by atoms with van der Waals surface area (Å²) < 4.78 is 0. The van der Waals surface area contributed by atoms with Crippen molar-refractivity contribution in [3.63, 3.8) is 0 Å². The maximum absolute atomic E-state index is 12.4. The highest BCUT2D eigenvalue weighted by atomic mass is 16.4. The number of carbonyl (C=O) groups is 2. The molecular weight excluding hydrogens is 282 g/mol. The van der Waals surface area contributed by atoms with Crippen molar-refractivity contribution in [1.29, 1.82) is 0 Å². The molecule has 1 heterocycles. The Hall–Kier alpha value is -1.98. The van der Waals surface area contributed by atoms with Gasteiger partial charge in [-0.3, -0.25) is 4.79 Å². The Labute approximate surface area is 128 Å². The molecule has 5 rings (SSSR count). The first-order valence-electron chi connectivity index (χ1n) is 7.91. The second kappa shape index (κ2) is 4.76. The number of aromatic nitrogens is 2. The fourth-order valence-corrected chi connectivity index (χ4v) is 5.12. The van der Waals surface area contributed by atoms with Crippen LogP contribution in [0.15, 0.2) is 12.4 Å². The molecule has 0 spiro atoms. The number of carboxylic acids is 1. The normalized spacial score (nSPS) is 35.4. The number of hydrogen-bond acceptors (Lipinski definition) is 4. The van der Waals surface area contributed by atoms with Gasteiger partial charge < -0.3 is 10.4 Å². The predicted molar refractivity (Wildman–Crippen MR) is 77.4 cm³/mol. The molecule has 1 amide bonds. The third kappa shape index (κ3) is 2.26. The molecule has 1 aromatic heterocycles. The number of carbonyl (C=O) groups excluding carboxylic acids is 1. The third-order valence-electron chi connectivity index (χ3n) is 5.52. The number of aromatic carboxylic acids is 1. The number of nitrogens with zero attached hydrogens (tertiary/aromatic N) is 2. The van der Waals surface area contributed by atoms with Gasteiger partial charge in [-0.2, -0.15) is 0 Å². The number of rotatable bonds is 3. The van der Waals surface area contributed by atoms with Crippen LogP contribution in [0.4, 0.5) is 0 Å². The molecule has 2 N–H and O–H groups in total. The highest BCUT2D eigenvalue weighted by molar-refractivity contribution is 5.93. The minimum atomic E-state index is -1.14. The van der Waals surface area contributed by atoms with Crippen LogP contribution in [0.25, 0.3) is 0 Å². The summed E-state index contributed by atoms with van der Waals surface area (Å²) >= 11 is 0. The van der Waals surface area contributed by atoms with Crippen molar-refractivity contribution in [2.75, 3.05) is 0 Å². The van der Waals surface area contributed by atoms with Crippen molar-refractivity contribution in [1.82, 2.24) is 15.3 Å². The summed E-state index contributed by atoms with van der Waals surface area (Å²) in [6, 6.07) is 0. The number of amides is 1. The second-order valence-corrected chi connectivity index (χ2v) is 7.24. The van der Waals surface area contributed by atoms with E-state index in [1.54, 1.807) is 0 Å². The highest BCUT2D eigenvalue weighted by Gasteiger charge is 2.51. The van der Waals surface area contributed by atoms with Gasteiger partial charge in [0, 0.05) is 5.54 Å². The van der Waals surface area contributed by atoms with E-state index in [1.807, 2.05) is 0 Å². The van der Waals surface area contributed by atoms with Crippen LogP contribution in [0.2, 0.25) is 0 Å². The van der Waals surface area contributed by atoms with Crippen molar-refractivity contribution < 1.29 is 14.7 Å². The summed E-state index contributed by atoms with van der Waals surface area (Å²) in [5.74, 6) is 0.901. The number of nitrogens with one attached hydrogen (secondary N) is 1. The lowest BCUT2D eigenvalue weighted by Crippen LogP contribution is -2.59. The molecule has 0 saturated heterocycles. The van der Waals surface area contributed by atoms with Gasteiger partial charge >= 0.3 is 5.97 Å². The molecule has 116 valence electrons. The fourth-order valence-electron chi connectivity index (χ4n) is 5.12. The molecule has 1 aromatic rings. The maximum atomic E-state index is 12.4. The van der Waals surface area contributed by atoms with Crippen molar-refractivity contribution >= 4 is 11.9 Å². The van der Waals surface area contributed by atoms with E-state index in [4.69, 9.17) is 5.11 Å². The van der Waals surface area contributed by atoms with Gasteiger partial charge in [0.2, 0.25) is 0 Å². The van der Waals surface area contributed by atoms with E-state index >= 15 is 0 Å². The van der Waals surface area contributed by atoms with E-state index < -0.39 is 5.97 Å². The van der Waals surface area contributed by atoms with Crippen LogP contribution >= 0.6 is 0 Å². The average molecular weight is 301 g/mol. The maximum Gasteiger partial charge on any atom is 0.356 e. The van der Waals surface area contributed by atoms with E-state index in [2.05, 4.69) is 15.3 Å². The minimum Gasteiger partial charge on any atom is -0.476 e. The molecule has 0 aromatic carbocycles. The van der Waals surface area contributed by atoms with Gasteiger partial charge in [-0.1, -0.05) is 0 Å². The minimum absolute atomic E-state index is 0.0705. The van der Waals surface area contributed by atoms with Crippen molar-refractivity contribution in [2.45, 2.75) is 44.1 Å². The van der Waals surface area contributed by atoms with Gasteiger partial charge in [0.15, 0.2) is 5.69 Å². The molecule has 4 aliphatic carbocycles. The summed E-state index contributed by atoms with van der Waals surface area (Å²) in [7, 11) is 0. The molecule has 4 saturated carbocycles. The molecule has 0 unspecified atom stereocenters. The standard InChI is InChI=1S/C16H19N3O3/c20-14(12-7-18-13(8-17-12)15(21)22)19-16-4-9-1-10(5-16)3-11(2-9)6-16/h7-11H,1-6H2,(H,19,20)(H,21,22). The van der Waals surface area contributed by atoms with Crippen LogP contribution in [-0.2, 0) is 0 Å². The monoisotopic (exact) mass is 301 g/mol. The first kappa shape index (κ1) is 13.7. The lowest BCUT2D eigenvalue weighted by atomic mass is 9.53. The lowest BCUT2D eigenvalue weighted by molar-refractivity contribution is -0.0168. The van der Waals surface area contributed by atoms with Crippen molar-refractivity contribution in [2.24, 2.45) is 17.8 Å². The van der Waals surface area contributed by atoms with Crippen molar-refractivity contribution in [3.8, 4) is 0 Å². The molecule has 6 heteroatoms. The summed E-state index contributed by atoms with van der Waals surface area (Å²) in [5, 5.41) is 12.0.